The van der Waals surface area contributed by atoms with E-state index in [1.165, 1.54) is 41.8 Å². The summed E-state index contributed by atoms with van der Waals surface area (Å²) in [5.41, 5.74) is 7.76. The number of amides is 2. The van der Waals surface area contributed by atoms with Crippen molar-refractivity contribution in [2.24, 2.45) is 0 Å². The first-order valence-electron chi connectivity index (χ1n) is 8.67. The number of benzene rings is 2. The standard InChI is InChI=1S/C20H21FN2O3/c1-13(26-18-10-8-17(21)9-11-18)19(24)22-23-20(25)16-7-6-14-4-2-3-5-15(14)12-16/h6-13H,2-5H2,1H3,(H,22,24)(H,23,25)/t13-/m0/s1. The van der Waals surface area contributed by atoms with Gasteiger partial charge in [-0.2, -0.15) is 0 Å². The Bertz CT molecular complexity index is 805. The van der Waals surface area contributed by atoms with Crippen molar-refractivity contribution in [2.75, 3.05) is 0 Å². The second-order valence-electron chi connectivity index (χ2n) is 6.35. The van der Waals surface area contributed by atoms with Crippen LogP contribution >= 0.6 is 0 Å². The molecule has 1 aliphatic carbocycles. The molecular formula is C20H21FN2O3. The van der Waals surface area contributed by atoms with Gasteiger partial charge in [0.25, 0.3) is 11.8 Å². The molecule has 0 aliphatic heterocycles. The van der Waals surface area contributed by atoms with Crippen LogP contribution in [0.4, 0.5) is 4.39 Å². The van der Waals surface area contributed by atoms with Crippen LogP contribution in [0, 0.1) is 5.82 Å². The fourth-order valence-electron chi connectivity index (χ4n) is 2.94. The average molecular weight is 356 g/mol. The minimum Gasteiger partial charge on any atom is -0.481 e. The molecule has 0 saturated carbocycles. The molecule has 0 aromatic heterocycles. The summed E-state index contributed by atoms with van der Waals surface area (Å²) in [6.07, 6.45) is 3.50. The van der Waals surface area contributed by atoms with E-state index in [9.17, 15) is 14.0 Å². The molecule has 1 aliphatic rings. The van der Waals surface area contributed by atoms with Gasteiger partial charge < -0.3 is 4.74 Å². The van der Waals surface area contributed by atoms with Crippen LogP contribution in [0.2, 0.25) is 0 Å². The van der Waals surface area contributed by atoms with Crippen LogP contribution < -0.4 is 15.6 Å². The van der Waals surface area contributed by atoms with E-state index in [0.717, 1.165) is 19.3 Å². The predicted molar refractivity (Wildman–Crippen MR) is 95.2 cm³/mol. The maximum Gasteiger partial charge on any atom is 0.279 e. The Balaban J connectivity index is 1.53. The Morgan fingerprint density at radius 1 is 1.00 bits per heavy atom. The van der Waals surface area contributed by atoms with Gasteiger partial charge in [-0.15, -0.1) is 0 Å². The number of hydrazine groups is 1. The number of carbonyl (C=O) groups excluding carboxylic acids is 2. The summed E-state index contributed by atoms with van der Waals surface area (Å²) >= 11 is 0. The van der Waals surface area contributed by atoms with Crippen molar-refractivity contribution >= 4 is 11.8 Å². The van der Waals surface area contributed by atoms with Crippen molar-refractivity contribution in [2.45, 2.75) is 38.7 Å². The Hall–Kier alpha value is -2.89. The number of hydrogen-bond donors (Lipinski definition) is 2. The third-order valence-corrected chi connectivity index (χ3v) is 4.41. The van der Waals surface area contributed by atoms with Gasteiger partial charge in [0.1, 0.15) is 11.6 Å². The molecule has 0 spiro atoms. The fourth-order valence-corrected chi connectivity index (χ4v) is 2.94. The van der Waals surface area contributed by atoms with Crippen LogP contribution in [0.15, 0.2) is 42.5 Å². The number of aryl methyl sites for hydroxylation is 2. The van der Waals surface area contributed by atoms with Crippen molar-refractivity contribution in [3.8, 4) is 5.75 Å². The molecule has 1 atom stereocenters. The van der Waals surface area contributed by atoms with Crippen LogP contribution in [0.1, 0.15) is 41.3 Å². The van der Waals surface area contributed by atoms with E-state index in [1.807, 2.05) is 12.1 Å². The van der Waals surface area contributed by atoms with Crippen molar-refractivity contribution in [3.05, 3.63) is 65.0 Å². The SMILES string of the molecule is C[C@H](Oc1ccc(F)cc1)C(=O)NNC(=O)c1ccc2c(c1)CCCC2. The van der Waals surface area contributed by atoms with Crippen LogP contribution in [-0.4, -0.2) is 17.9 Å². The number of rotatable bonds is 4. The van der Waals surface area contributed by atoms with Crippen molar-refractivity contribution in [1.29, 1.82) is 0 Å². The molecule has 0 unspecified atom stereocenters. The first-order chi connectivity index (χ1) is 12.5. The van der Waals surface area contributed by atoms with E-state index < -0.39 is 12.0 Å². The third-order valence-electron chi connectivity index (χ3n) is 4.41. The van der Waals surface area contributed by atoms with Gasteiger partial charge in [0.15, 0.2) is 6.10 Å². The zero-order chi connectivity index (χ0) is 18.5. The van der Waals surface area contributed by atoms with Gasteiger partial charge in [-0.1, -0.05) is 6.07 Å². The second-order valence-corrected chi connectivity index (χ2v) is 6.35. The highest BCUT2D eigenvalue weighted by atomic mass is 19.1. The largest absolute Gasteiger partial charge is 0.481 e. The summed E-state index contributed by atoms with van der Waals surface area (Å²) in [6, 6.07) is 11.0. The zero-order valence-electron chi connectivity index (χ0n) is 14.5. The predicted octanol–water partition coefficient (Wildman–Crippen LogP) is 2.93. The van der Waals surface area contributed by atoms with Crippen LogP contribution in [0.3, 0.4) is 0 Å². The van der Waals surface area contributed by atoms with Gasteiger partial charge in [-0.05, 0) is 80.1 Å². The average Bonchev–Trinajstić information content (AvgIpc) is 2.67. The highest BCUT2D eigenvalue weighted by Crippen LogP contribution is 2.22. The summed E-state index contributed by atoms with van der Waals surface area (Å²) in [5.74, 6) is -0.886. The molecule has 0 heterocycles. The van der Waals surface area contributed by atoms with Crippen LogP contribution in [0.5, 0.6) is 5.75 Å². The summed E-state index contributed by atoms with van der Waals surface area (Å²) < 4.78 is 18.3. The lowest BCUT2D eigenvalue weighted by atomic mass is 9.90. The molecule has 0 radical (unpaired) electrons. The first kappa shape index (κ1) is 17.9. The van der Waals surface area contributed by atoms with Gasteiger partial charge in [0.2, 0.25) is 0 Å². The second kappa shape index (κ2) is 7.99. The Labute approximate surface area is 151 Å². The lowest BCUT2D eigenvalue weighted by Crippen LogP contribution is -2.47. The summed E-state index contributed by atoms with van der Waals surface area (Å²) in [5, 5.41) is 0. The van der Waals surface area contributed by atoms with E-state index in [4.69, 9.17) is 4.74 Å². The van der Waals surface area contributed by atoms with Gasteiger partial charge in [0, 0.05) is 5.56 Å². The maximum atomic E-state index is 12.9. The minimum absolute atomic E-state index is 0.370. The molecule has 0 bridgehead atoms. The van der Waals surface area contributed by atoms with E-state index in [-0.39, 0.29) is 11.7 Å². The summed E-state index contributed by atoms with van der Waals surface area (Å²) in [6.45, 7) is 1.55. The molecule has 5 nitrogen and oxygen atoms in total. The molecule has 0 saturated heterocycles. The van der Waals surface area contributed by atoms with Crippen LogP contribution in [-0.2, 0) is 17.6 Å². The fraction of sp³-hybridized carbons (Fsp3) is 0.300. The van der Waals surface area contributed by atoms with E-state index in [1.54, 1.807) is 13.0 Å². The Morgan fingerprint density at radius 2 is 1.69 bits per heavy atom. The number of nitrogens with one attached hydrogen (secondary N) is 2. The number of ether oxygens (including phenoxy) is 1. The molecule has 3 rings (SSSR count). The maximum absolute atomic E-state index is 12.9. The third kappa shape index (κ3) is 4.39. The summed E-state index contributed by atoms with van der Waals surface area (Å²) in [7, 11) is 0. The number of carbonyl (C=O) groups is 2. The molecule has 0 fully saturated rings. The lowest BCUT2D eigenvalue weighted by molar-refractivity contribution is -0.128. The first-order valence-corrected chi connectivity index (χ1v) is 8.67. The Morgan fingerprint density at radius 3 is 2.42 bits per heavy atom. The normalized spacial score (nSPS) is 14.1. The van der Waals surface area contributed by atoms with Gasteiger partial charge in [-0.3, -0.25) is 20.4 Å². The molecular weight excluding hydrogens is 335 g/mol. The van der Waals surface area contributed by atoms with Crippen molar-refractivity contribution < 1.29 is 18.7 Å². The highest BCUT2D eigenvalue weighted by molar-refractivity contribution is 5.96. The van der Waals surface area contributed by atoms with Gasteiger partial charge >= 0.3 is 0 Å². The van der Waals surface area contributed by atoms with E-state index in [0.29, 0.717) is 11.3 Å². The molecule has 136 valence electrons. The highest BCUT2D eigenvalue weighted by Gasteiger charge is 2.17. The van der Waals surface area contributed by atoms with Crippen LogP contribution in [0.25, 0.3) is 0 Å². The molecule has 6 heteroatoms. The van der Waals surface area contributed by atoms with Crippen molar-refractivity contribution in [1.82, 2.24) is 10.9 Å². The monoisotopic (exact) mass is 356 g/mol. The molecule has 2 aromatic carbocycles. The van der Waals surface area contributed by atoms with Crippen molar-refractivity contribution in [3.63, 3.8) is 0 Å². The number of halogens is 1. The molecule has 2 amide bonds. The number of fused-ring (bicyclic) bond motifs is 1. The quantitative estimate of drug-likeness (QED) is 0.828. The molecule has 2 aromatic rings. The minimum atomic E-state index is -0.843. The van der Waals surface area contributed by atoms with Gasteiger partial charge in [-0.25, -0.2) is 4.39 Å². The zero-order valence-corrected chi connectivity index (χ0v) is 14.5. The van der Waals surface area contributed by atoms with E-state index >= 15 is 0 Å². The lowest BCUT2D eigenvalue weighted by Gasteiger charge is -2.17. The van der Waals surface area contributed by atoms with Gasteiger partial charge in [0.05, 0.1) is 0 Å². The summed E-state index contributed by atoms with van der Waals surface area (Å²) in [4.78, 5) is 24.3. The topological polar surface area (TPSA) is 67.4 Å². The molecule has 2 N–H and O–H groups in total. The number of hydrogen-bond acceptors (Lipinski definition) is 3. The van der Waals surface area contributed by atoms with E-state index in [2.05, 4.69) is 10.9 Å². The Kier molecular flexibility index (Phi) is 5.51. The smallest absolute Gasteiger partial charge is 0.279 e. The molecule has 26 heavy (non-hydrogen) atoms.